The van der Waals surface area contributed by atoms with Crippen molar-refractivity contribution in [2.45, 2.75) is 45.4 Å². The highest BCUT2D eigenvalue weighted by Crippen LogP contribution is 2.23. The summed E-state index contributed by atoms with van der Waals surface area (Å²) in [6.45, 7) is 13.5. The van der Waals surface area contributed by atoms with Crippen molar-refractivity contribution in [3.05, 3.63) is 41.7 Å². The molecule has 1 rings (SSSR count). The second kappa shape index (κ2) is 7.18. The van der Waals surface area contributed by atoms with Gasteiger partial charge in [0, 0.05) is 17.2 Å². The van der Waals surface area contributed by atoms with Crippen LogP contribution in [0.4, 0.5) is 4.39 Å². The first-order chi connectivity index (χ1) is 9.66. The minimum Gasteiger partial charge on any atom is -0.494 e. The molecule has 0 aliphatic heterocycles. The van der Waals surface area contributed by atoms with Crippen LogP contribution in [0, 0.1) is 5.82 Å². The van der Waals surface area contributed by atoms with E-state index in [0.717, 1.165) is 0 Å². The molecule has 1 aromatic carbocycles. The van der Waals surface area contributed by atoms with Crippen molar-refractivity contribution in [3.63, 3.8) is 0 Å². The lowest BCUT2D eigenvalue weighted by atomic mass is 10.1. The quantitative estimate of drug-likeness (QED) is 0.808. The van der Waals surface area contributed by atoms with Crippen LogP contribution < -0.4 is 4.72 Å². The zero-order valence-electron chi connectivity index (χ0n) is 13.3. The topological polar surface area (TPSA) is 38.3 Å². The van der Waals surface area contributed by atoms with Crippen LogP contribution in [0.15, 0.2) is 24.8 Å². The van der Waals surface area contributed by atoms with Gasteiger partial charge in [0.05, 0.1) is 22.3 Å². The SMILES string of the molecule is C=C(OCC)c1ccc([C@H](C)N[S@](=O)C(C)(C)C)c(F)c1. The first-order valence-electron chi connectivity index (χ1n) is 6.96. The third-order valence-electron chi connectivity index (χ3n) is 2.95. The maximum Gasteiger partial charge on any atom is 0.128 e. The van der Waals surface area contributed by atoms with E-state index in [1.165, 1.54) is 6.07 Å². The highest BCUT2D eigenvalue weighted by atomic mass is 32.2. The normalized spacial score (nSPS) is 14.6. The second-order valence-corrected chi connectivity index (χ2v) is 7.81. The van der Waals surface area contributed by atoms with Gasteiger partial charge in [0.2, 0.25) is 0 Å². The minimum absolute atomic E-state index is 0.348. The molecule has 0 bridgehead atoms. The summed E-state index contributed by atoms with van der Waals surface area (Å²) >= 11 is 0. The van der Waals surface area contributed by atoms with Gasteiger partial charge in [-0.15, -0.1) is 0 Å². The largest absolute Gasteiger partial charge is 0.494 e. The van der Waals surface area contributed by atoms with Gasteiger partial charge in [-0.25, -0.2) is 13.3 Å². The number of ether oxygens (including phenoxy) is 1. The first kappa shape index (κ1) is 17.9. The van der Waals surface area contributed by atoms with Crippen LogP contribution in [0.1, 0.15) is 51.8 Å². The molecule has 0 spiro atoms. The summed E-state index contributed by atoms with van der Waals surface area (Å²) in [5.41, 5.74) is 1.09. The first-order valence-corrected chi connectivity index (χ1v) is 8.11. The number of halogens is 1. The summed E-state index contributed by atoms with van der Waals surface area (Å²) in [6.07, 6.45) is 0. The summed E-state index contributed by atoms with van der Waals surface area (Å²) in [4.78, 5) is 0. The summed E-state index contributed by atoms with van der Waals surface area (Å²) in [7, 11) is -1.25. The van der Waals surface area contributed by atoms with Gasteiger partial charge in [0.25, 0.3) is 0 Å². The lowest BCUT2D eigenvalue weighted by molar-refractivity contribution is 0.299. The number of rotatable bonds is 6. The molecule has 0 saturated carbocycles. The molecule has 0 aliphatic carbocycles. The van der Waals surface area contributed by atoms with Crippen LogP contribution in [0.5, 0.6) is 0 Å². The Balaban J connectivity index is 2.90. The lowest BCUT2D eigenvalue weighted by Gasteiger charge is -2.22. The van der Waals surface area contributed by atoms with Crippen molar-refractivity contribution < 1.29 is 13.3 Å². The Bertz CT molecular complexity index is 538. The average Bonchev–Trinajstić information content (AvgIpc) is 2.37. The van der Waals surface area contributed by atoms with Crippen molar-refractivity contribution in [1.82, 2.24) is 4.72 Å². The Morgan fingerprint density at radius 2 is 2.10 bits per heavy atom. The monoisotopic (exact) mass is 313 g/mol. The number of benzene rings is 1. The van der Waals surface area contributed by atoms with Crippen molar-refractivity contribution in [3.8, 4) is 0 Å². The minimum atomic E-state index is -1.25. The predicted octanol–water partition coefficient (Wildman–Crippen LogP) is 3.95. The Morgan fingerprint density at radius 1 is 1.48 bits per heavy atom. The molecular formula is C16H24FNO2S. The third-order valence-corrected chi connectivity index (χ3v) is 4.63. The van der Waals surface area contributed by atoms with Crippen molar-refractivity contribution in [2.75, 3.05) is 6.61 Å². The lowest BCUT2D eigenvalue weighted by Crippen LogP contribution is -2.35. The van der Waals surface area contributed by atoms with Crippen LogP contribution in [0.2, 0.25) is 0 Å². The van der Waals surface area contributed by atoms with Crippen LogP contribution >= 0.6 is 0 Å². The molecule has 0 aliphatic rings. The van der Waals surface area contributed by atoms with E-state index in [1.54, 1.807) is 19.1 Å². The zero-order valence-corrected chi connectivity index (χ0v) is 14.1. The molecule has 0 fully saturated rings. The Hall–Kier alpha value is -1.20. The van der Waals surface area contributed by atoms with E-state index >= 15 is 0 Å². The standard InChI is InChI=1S/C16H24FNO2S/c1-7-20-12(3)13-8-9-14(15(17)10-13)11(2)18-21(19)16(4,5)6/h8-11,18H,3,7H2,1-2,4-6H3/t11-,21+/m0/s1. The van der Waals surface area contributed by atoms with Crippen LogP contribution in [0.25, 0.3) is 5.76 Å². The summed E-state index contributed by atoms with van der Waals surface area (Å²) < 4.78 is 34.1. The fourth-order valence-corrected chi connectivity index (χ4v) is 2.51. The van der Waals surface area contributed by atoms with E-state index in [2.05, 4.69) is 11.3 Å². The maximum absolute atomic E-state index is 14.2. The molecule has 0 amide bonds. The van der Waals surface area contributed by atoms with Gasteiger partial charge < -0.3 is 4.74 Å². The number of hydrogen-bond acceptors (Lipinski definition) is 2. The fourth-order valence-electron chi connectivity index (χ4n) is 1.71. The van der Waals surface area contributed by atoms with E-state index in [1.807, 2.05) is 27.7 Å². The van der Waals surface area contributed by atoms with Crippen LogP contribution in [-0.4, -0.2) is 15.6 Å². The van der Waals surface area contributed by atoms with Gasteiger partial charge in [-0.2, -0.15) is 0 Å². The summed E-state index contributed by atoms with van der Waals surface area (Å²) in [5, 5.41) is 0. The van der Waals surface area contributed by atoms with E-state index in [9.17, 15) is 8.60 Å². The highest BCUT2D eigenvalue weighted by molar-refractivity contribution is 7.84. The number of nitrogens with one attached hydrogen (secondary N) is 1. The maximum atomic E-state index is 14.2. The molecule has 3 nitrogen and oxygen atoms in total. The van der Waals surface area contributed by atoms with Gasteiger partial charge in [0.15, 0.2) is 0 Å². The Kier molecular flexibility index (Phi) is 6.10. The molecule has 0 radical (unpaired) electrons. The second-order valence-electron chi connectivity index (χ2n) is 5.81. The molecule has 21 heavy (non-hydrogen) atoms. The van der Waals surface area contributed by atoms with Crippen LogP contribution in [-0.2, 0) is 15.7 Å². The Morgan fingerprint density at radius 3 is 2.57 bits per heavy atom. The molecule has 2 atom stereocenters. The molecule has 1 N–H and O–H groups in total. The molecule has 1 aromatic rings. The molecular weight excluding hydrogens is 289 g/mol. The predicted molar refractivity (Wildman–Crippen MR) is 86.5 cm³/mol. The smallest absolute Gasteiger partial charge is 0.128 e. The third kappa shape index (κ3) is 4.93. The Labute approximate surface area is 129 Å². The summed E-state index contributed by atoms with van der Waals surface area (Å²) in [6, 6.07) is 4.48. The fraction of sp³-hybridized carbons (Fsp3) is 0.500. The van der Waals surface area contributed by atoms with Crippen LogP contribution in [0.3, 0.4) is 0 Å². The molecule has 0 aromatic heterocycles. The van der Waals surface area contributed by atoms with Gasteiger partial charge in [0.1, 0.15) is 11.6 Å². The zero-order chi connectivity index (χ0) is 16.2. The summed E-state index contributed by atoms with van der Waals surface area (Å²) in [5.74, 6) is 0.0843. The van der Waals surface area contributed by atoms with Gasteiger partial charge in [-0.3, -0.25) is 0 Å². The van der Waals surface area contributed by atoms with Crippen molar-refractivity contribution >= 4 is 16.7 Å². The molecule has 0 unspecified atom stereocenters. The van der Waals surface area contributed by atoms with Crippen molar-refractivity contribution in [1.29, 1.82) is 0 Å². The number of hydrogen-bond donors (Lipinski definition) is 1. The highest BCUT2D eigenvalue weighted by Gasteiger charge is 2.23. The van der Waals surface area contributed by atoms with E-state index in [4.69, 9.17) is 4.74 Å². The van der Waals surface area contributed by atoms with Gasteiger partial charge in [-0.1, -0.05) is 18.7 Å². The van der Waals surface area contributed by atoms with E-state index < -0.39 is 15.7 Å². The molecule has 118 valence electrons. The van der Waals surface area contributed by atoms with E-state index in [0.29, 0.717) is 23.5 Å². The average molecular weight is 313 g/mol. The van der Waals surface area contributed by atoms with Gasteiger partial charge >= 0.3 is 0 Å². The molecule has 0 saturated heterocycles. The molecule has 5 heteroatoms. The van der Waals surface area contributed by atoms with Crippen molar-refractivity contribution in [2.24, 2.45) is 0 Å². The van der Waals surface area contributed by atoms with Gasteiger partial charge in [-0.05, 0) is 40.7 Å². The molecule has 0 heterocycles. The van der Waals surface area contributed by atoms with E-state index in [-0.39, 0.29) is 11.9 Å².